The van der Waals surface area contributed by atoms with Crippen LogP contribution in [0.5, 0.6) is 0 Å². The van der Waals surface area contributed by atoms with Crippen LogP contribution in [-0.4, -0.2) is 22.6 Å². The molecule has 0 aliphatic carbocycles. The van der Waals surface area contributed by atoms with E-state index in [0.717, 1.165) is 33.2 Å². The Balaban J connectivity index is 1.33. The van der Waals surface area contributed by atoms with E-state index in [-0.39, 0.29) is 0 Å². The third-order valence-corrected chi connectivity index (χ3v) is 16.5. The van der Waals surface area contributed by atoms with E-state index in [1.165, 1.54) is 52.1 Å². The lowest BCUT2D eigenvalue weighted by Crippen LogP contribution is -2.73. The van der Waals surface area contributed by atoms with E-state index in [4.69, 9.17) is 9.97 Å². The van der Waals surface area contributed by atoms with Gasteiger partial charge < -0.3 is 0 Å². The Bertz CT molecular complexity index is 2930. The molecular formula is C46H29N3SSi. The van der Waals surface area contributed by atoms with Crippen LogP contribution in [0, 0.1) is 0 Å². The molecule has 0 unspecified atom stereocenters. The zero-order chi connectivity index (χ0) is 33.5. The molecule has 1 aliphatic heterocycles. The molecule has 11 rings (SSSR count). The van der Waals surface area contributed by atoms with Crippen molar-refractivity contribution in [3.63, 3.8) is 0 Å². The lowest BCUT2D eigenvalue weighted by molar-refractivity contribution is 1.01. The van der Waals surface area contributed by atoms with Gasteiger partial charge in [0, 0.05) is 42.1 Å². The summed E-state index contributed by atoms with van der Waals surface area (Å²) in [6.07, 6.45) is 0. The minimum absolute atomic E-state index is 0.703. The standard InChI is InChI=1S/C46H29N3SSi/c1-4-16-30(17-5-1)44-43-35-24-12-15-27-42(35)51(31-18-6-2-7-19-31,32-20-8-3-9-21-32)45(43)48-46(47-44)49-38-25-13-10-22-33(38)36-29-41-37(28-39(36)49)34-23-11-14-26-40(34)50-41/h1-29H. The van der Waals surface area contributed by atoms with Gasteiger partial charge in [0.15, 0.2) is 0 Å². The first-order chi connectivity index (χ1) is 25.3. The maximum absolute atomic E-state index is 5.85. The van der Waals surface area contributed by atoms with Gasteiger partial charge in [-0.3, -0.25) is 4.57 Å². The lowest BCUT2D eigenvalue weighted by atomic mass is 10.0. The molecule has 3 aromatic heterocycles. The van der Waals surface area contributed by atoms with E-state index < -0.39 is 8.07 Å². The van der Waals surface area contributed by atoms with Crippen molar-refractivity contribution in [3.8, 4) is 28.3 Å². The molecule has 0 saturated heterocycles. The number of hydrogen-bond acceptors (Lipinski definition) is 3. The second kappa shape index (κ2) is 10.9. The van der Waals surface area contributed by atoms with Gasteiger partial charge in [0.05, 0.1) is 22.0 Å². The van der Waals surface area contributed by atoms with Crippen LogP contribution in [0.25, 0.3) is 70.3 Å². The number of aromatic nitrogens is 3. The van der Waals surface area contributed by atoms with Crippen LogP contribution in [0.4, 0.5) is 0 Å². The van der Waals surface area contributed by atoms with Crippen LogP contribution in [0.15, 0.2) is 176 Å². The highest BCUT2D eigenvalue weighted by Gasteiger charge is 2.51. The SMILES string of the molecule is c1ccc(-c2nc(-n3c4ccccc4c4cc5sc6ccccc6c5cc43)nc3c2-c2ccccc2[Si]3(c2ccccc2)c2ccccc2)cc1. The average molecular weight is 684 g/mol. The van der Waals surface area contributed by atoms with E-state index in [9.17, 15) is 0 Å². The van der Waals surface area contributed by atoms with Crippen LogP contribution in [0.3, 0.4) is 0 Å². The molecule has 7 aromatic carbocycles. The van der Waals surface area contributed by atoms with Crippen molar-refractivity contribution in [3.05, 3.63) is 176 Å². The number of nitrogens with zero attached hydrogens (tertiary/aromatic N) is 3. The molecule has 238 valence electrons. The minimum atomic E-state index is -2.90. The van der Waals surface area contributed by atoms with Gasteiger partial charge in [0.2, 0.25) is 14.0 Å². The van der Waals surface area contributed by atoms with Crippen LogP contribution >= 0.6 is 11.3 Å². The molecule has 0 saturated carbocycles. The molecule has 0 atom stereocenters. The van der Waals surface area contributed by atoms with E-state index >= 15 is 0 Å². The summed E-state index contributed by atoms with van der Waals surface area (Å²) in [5, 5.41) is 10.1. The van der Waals surface area contributed by atoms with Gasteiger partial charge in [0.1, 0.15) is 0 Å². The quantitative estimate of drug-likeness (QED) is 0.174. The third kappa shape index (κ3) is 3.99. The number of thiophene rings is 1. The Labute approximate surface area is 299 Å². The molecule has 0 fully saturated rings. The smallest absolute Gasteiger partial charge is 0.235 e. The summed E-state index contributed by atoms with van der Waals surface area (Å²) in [4.78, 5) is 11.5. The Kier molecular flexibility index (Phi) is 6.14. The third-order valence-electron chi connectivity index (χ3n) is 10.7. The molecular weight excluding hydrogens is 655 g/mol. The summed E-state index contributed by atoms with van der Waals surface area (Å²) >= 11 is 1.86. The van der Waals surface area contributed by atoms with Crippen LogP contribution in [0.2, 0.25) is 0 Å². The topological polar surface area (TPSA) is 30.7 Å². The van der Waals surface area contributed by atoms with Crippen molar-refractivity contribution < 1.29 is 0 Å². The van der Waals surface area contributed by atoms with Crippen molar-refractivity contribution in [2.45, 2.75) is 0 Å². The first kappa shape index (κ1) is 28.7. The van der Waals surface area contributed by atoms with Crippen molar-refractivity contribution in [1.82, 2.24) is 14.5 Å². The highest BCUT2D eigenvalue weighted by molar-refractivity contribution is 7.26. The van der Waals surface area contributed by atoms with Crippen LogP contribution in [-0.2, 0) is 0 Å². The summed E-state index contributed by atoms with van der Waals surface area (Å²) in [5.74, 6) is 0.703. The Morgan fingerprint density at radius 2 is 1.10 bits per heavy atom. The molecule has 1 aliphatic rings. The van der Waals surface area contributed by atoms with Gasteiger partial charge in [-0.05, 0) is 45.4 Å². The fourth-order valence-corrected chi connectivity index (χ4v) is 14.7. The van der Waals surface area contributed by atoms with E-state index in [1.54, 1.807) is 0 Å². The van der Waals surface area contributed by atoms with Crippen LogP contribution in [0.1, 0.15) is 0 Å². The maximum atomic E-state index is 5.85. The number of para-hydroxylation sites is 1. The number of rotatable bonds is 4. The number of fused-ring (bicyclic) bond motifs is 9. The Morgan fingerprint density at radius 1 is 0.471 bits per heavy atom. The summed E-state index contributed by atoms with van der Waals surface area (Å²) < 4.78 is 4.92. The average Bonchev–Trinajstić information content (AvgIpc) is 3.83. The zero-order valence-electron chi connectivity index (χ0n) is 27.5. The molecule has 5 heteroatoms. The summed E-state index contributed by atoms with van der Waals surface area (Å²) in [5.41, 5.74) is 6.66. The summed E-state index contributed by atoms with van der Waals surface area (Å²) in [7, 11) is -2.90. The minimum Gasteiger partial charge on any atom is -0.278 e. The zero-order valence-corrected chi connectivity index (χ0v) is 29.3. The van der Waals surface area contributed by atoms with Gasteiger partial charge in [-0.1, -0.05) is 152 Å². The van der Waals surface area contributed by atoms with Crippen molar-refractivity contribution in [1.29, 1.82) is 0 Å². The summed E-state index contributed by atoms with van der Waals surface area (Å²) in [6, 6.07) is 64.1. The molecule has 51 heavy (non-hydrogen) atoms. The van der Waals surface area contributed by atoms with Crippen molar-refractivity contribution in [2.24, 2.45) is 0 Å². The Hall–Kier alpha value is -6.14. The molecule has 0 N–H and O–H groups in total. The van der Waals surface area contributed by atoms with E-state index in [0.29, 0.717) is 5.95 Å². The lowest BCUT2D eigenvalue weighted by Gasteiger charge is -2.30. The summed E-state index contributed by atoms with van der Waals surface area (Å²) in [6.45, 7) is 0. The fraction of sp³-hybridized carbons (Fsp3) is 0. The van der Waals surface area contributed by atoms with E-state index in [1.807, 2.05) is 11.3 Å². The predicted octanol–water partition coefficient (Wildman–Crippen LogP) is 8.97. The molecule has 0 bridgehead atoms. The Morgan fingerprint density at radius 3 is 1.86 bits per heavy atom. The maximum Gasteiger partial charge on any atom is 0.235 e. The van der Waals surface area contributed by atoms with Gasteiger partial charge in [0.25, 0.3) is 0 Å². The second-order valence-electron chi connectivity index (χ2n) is 13.3. The van der Waals surface area contributed by atoms with Gasteiger partial charge >= 0.3 is 0 Å². The van der Waals surface area contributed by atoms with E-state index in [2.05, 4.69) is 180 Å². The van der Waals surface area contributed by atoms with Gasteiger partial charge in [-0.25, -0.2) is 9.97 Å². The molecule has 0 radical (unpaired) electrons. The molecule has 3 nitrogen and oxygen atoms in total. The van der Waals surface area contributed by atoms with Crippen LogP contribution < -0.4 is 20.9 Å². The fourth-order valence-electron chi connectivity index (χ4n) is 8.57. The number of benzene rings is 7. The van der Waals surface area contributed by atoms with Gasteiger partial charge in [-0.15, -0.1) is 11.3 Å². The molecule has 0 spiro atoms. The highest BCUT2D eigenvalue weighted by Crippen LogP contribution is 2.41. The van der Waals surface area contributed by atoms with Gasteiger partial charge in [-0.2, -0.15) is 0 Å². The second-order valence-corrected chi connectivity index (χ2v) is 18.1. The highest BCUT2D eigenvalue weighted by atomic mass is 32.1. The monoisotopic (exact) mass is 683 g/mol. The number of hydrogen-bond donors (Lipinski definition) is 0. The first-order valence-electron chi connectivity index (χ1n) is 17.3. The first-order valence-corrected chi connectivity index (χ1v) is 20.2. The normalized spacial score (nSPS) is 13.3. The molecule has 0 amide bonds. The molecule has 10 aromatic rings. The molecule has 4 heterocycles. The van der Waals surface area contributed by atoms with Crippen molar-refractivity contribution in [2.75, 3.05) is 0 Å². The predicted molar refractivity (Wildman–Crippen MR) is 217 cm³/mol. The largest absolute Gasteiger partial charge is 0.278 e. The van der Waals surface area contributed by atoms with Crippen molar-refractivity contribution >= 4 is 82.3 Å².